The van der Waals surface area contributed by atoms with Gasteiger partial charge in [-0.25, -0.2) is 17.2 Å². The van der Waals surface area contributed by atoms with E-state index in [0.29, 0.717) is 17.3 Å². The van der Waals surface area contributed by atoms with Crippen LogP contribution in [0.15, 0.2) is 41.3 Å². The fraction of sp³-hybridized carbons (Fsp3) is 0.393. The van der Waals surface area contributed by atoms with Gasteiger partial charge in [0.1, 0.15) is 11.6 Å². The maximum atomic E-state index is 13.9. The zero-order valence-electron chi connectivity index (χ0n) is 24.1. The lowest BCUT2D eigenvalue weighted by Gasteiger charge is -2.36. The number of H-pyrrole nitrogens is 1. The number of benzene rings is 2. The number of nitrogens with one attached hydrogen (secondary N) is 3. The molecule has 230 valence electrons. The highest BCUT2D eigenvalue weighted by atomic mass is 32.2. The molecule has 0 atom stereocenters. The van der Waals surface area contributed by atoms with Gasteiger partial charge in [0.15, 0.2) is 5.82 Å². The maximum Gasteiger partial charge on any atom is 0.258 e. The van der Waals surface area contributed by atoms with E-state index in [1.807, 2.05) is 7.05 Å². The van der Waals surface area contributed by atoms with Gasteiger partial charge >= 0.3 is 0 Å². The number of anilines is 3. The molecule has 15 heteroatoms. The average molecular weight is 617 g/mol. The van der Waals surface area contributed by atoms with Crippen LogP contribution in [0.5, 0.6) is 0 Å². The van der Waals surface area contributed by atoms with E-state index in [1.165, 1.54) is 0 Å². The molecule has 5 rings (SSSR count). The van der Waals surface area contributed by atoms with Crippen molar-refractivity contribution >= 4 is 39.0 Å². The largest absolute Gasteiger partial charge is 0.369 e. The van der Waals surface area contributed by atoms with Crippen LogP contribution in [-0.2, 0) is 26.8 Å². The van der Waals surface area contributed by atoms with Crippen molar-refractivity contribution in [2.24, 2.45) is 5.73 Å². The van der Waals surface area contributed by atoms with Gasteiger partial charge in [-0.05, 0) is 37.4 Å². The number of carbonyl (C=O) groups excluding carboxylic acids is 2. The molecule has 0 radical (unpaired) electrons. The van der Waals surface area contributed by atoms with E-state index in [-0.39, 0.29) is 36.7 Å². The molecule has 43 heavy (non-hydrogen) atoms. The van der Waals surface area contributed by atoms with Gasteiger partial charge in [0.2, 0.25) is 15.9 Å². The molecule has 1 fully saturated rings. The third-order valence-electron chi connectivity index (χ3n) is 7.73. The lowest BCUT2D eigenvalue weighted by Crippen LogP contribution is -2.45. The number of hydrogen-bond donors (Lipinski definition) is 4. The first-order valence-corrected chi connectivity index (χ1v) is 15.2. The minimum atomic E-state index is -4.31. The van der Waals surface area contributed by atoms with Crippen molar-refractivity contribution in [1.82, 2.24) is 19.4 Å². The molecular weight excluding hydrogens is 582 g/mol. The van der Waals surface area contributed by atoms with Crippen LogP contribution in [0.3, 0.4) is 0 Å². The summed E-state index contributed by atoms with van der Waals surface area (Å²) in [5, 5.41) is 12.6. The summed E-state index contributed by atoms with van der Waals surface area (Å²) in [4.78, 5) is 29.7. The Hall–Kier alpha value is -3.92. The van der Waals surface area contributed by atoms with Crippen molar-refractivity contribution in [2.45, 2.75) is 30.7 Å². The molecule has 3 aromatic rings. The lowest BCUT2D eigenvalue weighted by molar-refractivity contribution is -0.114. The summed E-state index contributed by atoms with van der Waals surface area (Å²) in [6.45, 7) is 6.40. The topological polar surface area (TPSA) is 157 Å². The van der Waals surface area contributed by atoms with Gasteiger partial charge in [-0.15, -0.1) is 0 Å². The van der Waals surface area contributed by atoms with Gasteiger partial charge < -0.3 is 26.2 Å². The van der Waals surface area contributed by atoms with Gasteiger partial charge in [-0.2, -0.15) is 9.40 Å². The highest BCUT2D eigenvalue weighted by Crippen LogP contribution is 2.38. The van der Waals surface area contributed by atoms with Crippen LogP contribution < -0.4 is 21.3 Å². The molecule has 2 aliphatic rings. The summed E-state index contributed by atoms with van der Waals surface area (Å²) in [5.74, 6) is -2.99. The SMILES string of the molecule is CN1CCN(c2ccc(C(=O)Nc3n[nH]c4c3CN(S(=O)(=O)c3cc(F)cc(F)c3)CC4(C)C)c(NC(=O)CN)c2)CC1. The lowest BCUT2D eigenvalue weighted by atomic mass is 9.84. The van der Waals surface area contributed by atoms with E-state index < -0.39 is 43.8 Å². The Morgan fingerprint density at radius 3 is 2.37 bits per heavy atom. The molecule has 1 saturated heterocycles. The van der Waals surface area contributed by atoms with Crippen molar-refractivity contribution in [3.63, 3.8) is 0 Å². The zero-order valence-corrected chi connectivity index (χ0v) is 24.9. The summed E-state index contributed by atoms with van der Waals surface area (Å²) < 4.78 is 55.8. The quantitative estimate of drug-likeness (QED) is 0.314. The molecule has 2 amide bonds. The number of nitrogens with two attached hydrogens (primary N) is 1. The first-order valence-electron chi connectivity index (χ1n) is 13.7. The molecule has 0 bridgehead atoms. The van der Waals surface area contributed by atoms with E-state index in [2.05, 4.69) is 30.6 Å². The maximum absolute atomic E-state index is 13.9. The number of likely N-dealkylation sites (N-methyl/N-ethyl adjacent to an activating group) is 1. The predicted molar refractivity (Wildman–Crippen MR) is 157 cm³/mol. The van der Waals surface area contributed by atoms with Crippen LogP contribution in [0.1, 0.15) is 35.5 Å². The fourth-order valence-corrected chi connectivity index (χ4v) is 7.02. The number of rotatable bonds is 7. The van der Waals surface area contributed by atoms with E-state index in [1.54, 1.807) is 32.0 Å². The standard InChI is InChI=1S/C28H34F2N8O4S/c1-28(2)16-38(43(41,42)20-11-17(29)10-18(30)12-20)15-22-25(28)34-35-26(22)33-27(40)21-5-4-19(13-23(21)32-24(39)14-31)37-8-6-36(3)7-9-37/h4-5,10-13H,6-9,14-16,31H2,1-3H3,(H,32,39)(H2,33,34,35,40). The number of aromatic nitrogens is 2. The molecule has 5 N–H and O–H groups in total. The molecule has 2 aromatic carbocycles. The third-order valence-corrected chi connectivity index (χ3v) is 9.50. The van der Waals surface area contributed by atoms with Gasteiger partial charge in [-0.3, -0.25) is 14.7 Å². The second-order valence-corrected chi connectivity index (χ2v) is 13.4. The van der Waals surface area contributed by atoms with Gasteiger partial charge in [-0.1, -0.05) is 13.8 Å². The molecule has 0 spiro atoms. The van der Waals surface area contributed by atoms with Crippen LogP contribution in [0.4, 0.5) is 26.0 Å². The molecule has 0 saturated carbocycles. The van der Waals surface area contributed by atoms with Gasteiger partial charge in [0.05, 0.1) is 22.7 Å². The number of piperazine rings is 1. The average Bonchev–Trinajstić information content (AvgIpc) is 3.36. The van der Waals surface area contributed by atoms with Crippen molar-refractivity contribution in [1.29, 1.82) is 0 Å². The first-order chi connectivity index (χ1) is 20.3. The monoisotopic (exact) mass is 616 g/mol. The number of nitrogens with zero attached hydrogens (tertiary/aromatic N) is 4. The Labute approximate surface area is 248 Å². The Morgan fingerprint density at radius 1 is 1.05 bits per heavy atom. The van der Waals surface area contributed by atoms with Gasteiger partial charge in [0.25, 0.3) is 5.91 Å². The van der Waals surface area contributed by atoms with Crippen LogP contribution in [0.2, 0.25) is 0 Å². The number of fused-ring (bicyclic) bond motifs is 1. The molecule has 3 heterocycles. The molecule has 0 aliphatic carbocycles. The smallest absolute Gasteiger partial charge is 0.258 e. The Bertz CT molecular complexity index is 1650. The Morgan fingerprint density at radius 2 is 1.72 bits per heavy atom. The minimum Gasteiger partial charge on any atom is -0.369 e. The minimum absolute atomic E-state index is 0.000925. The normalized spacial score (nSPS) is 17.4. The number of sulfonamides is 1. The molecule has 0 unspecified atom stereocenters. The Balaban J connectivity index is 1.44. The summed E-state index contributed by atoms with van der Waals surface area (Å²) in [6.07, 6.45) is 0. The van der Waals surface area contributed by atoms with Gasteiger partial charge in [0, 0.05) is 67.7 Å². The molecule has 1 aromatic heterocycles. The third kappa shape index (κ3) is 6.25. The van der Waals surface area contributed by atoms with E-state index in [4.69, 9.17) is 5.73 Å². The fourth-order valence-electron chi connectivity index (χ4n) is 5.40. The van der Waals surface area contributed by atoms with Crippen LogP contribution in [-0.4, -0.2) is 86.0 Å². The van der Waals surface area contributed by atoms with E-state index in [0.717, 1.165) is 48.3 Å². The number of halogens is 2. The first kappa shape index (κ1) is 30.5. The van der Waals surface area contributed by atoms with Crippen molar-refractivity contribution in [2.75, 3.05) is 61.8 Å². The predicted octanol–water partition coefficient (Wildman–Crippen LogP) is 2.07. The number of carbonyl (C=O) groups is 2. The van der Waals surface area contributed by atoms with E-state index >= 15 is 0 Å². The Kier molecular flexibility index (Phi) is 8.26. The van der Waals surface area contributed by atoms with Crippen LogP contribution >= 0.6 is 0 Å². The molecule has 2 aliphatic heterocycles. The number of aromatic amines is 1. The zero-order chi connectivity index (χ0) is 31.1. The number of amides is 2. The van der Waals surface area contributed by atoms with Crippen molar-refractivity contribution in [3.05, 3.63) is 64.9 Å². The van der Waals surface area contributed by atoms with Crippen LogP contribution in [0.25, 0.3) is 0 Å². The van der Waals surface area contributed by atoms with Crippen LogP contribution in [0, 0.1) is 11.6 Å². The summed E-state index contributed by atoms with van der Waals surface area (Å²) in [5.41, 5.74) is 7.03. The molecular formula is C28H34F2N8O4S. The van der Waals surface area contributed by atoms with E-state index in [9.17, 15) is 26.8 Å². The highest BCUT2D eigenvalue weighted by molar-refractivity contribution is 7.89. The second kappa shape index (κ2) is 11.6. The number of hydrogen-bond acceptors (Lipinski definition) is 8. The highest BCUT2D eigenvalue weighted by Gasteiger charge is 2.41. The van der Waals surface area contributed by atoms with Crippen molar-refractivity contribution < 1.29 is 26.8 Å². The second-order valence-electron chi connectivity index (χ2n) is 11.4. The van der Waals surface area contributed by atoms with Crippen molar-refractivity contribution in [3.8, 4) is 0 Å². The summed E-state index contributed by atoms with van der Waals surface area (Å²) >= 11 is 0. The molecule has 12 nitrogen and oxygen atoms in total. The summed E-state index contributed by atoms with van der Waals surface area (Å²) in [7, 11) is -2.26. The summed E-state index contributed by atoms with van der Waals surface area (Å²) in [6, 6.07) is 7.26.